The molecule has 2 aromatic carbocycles. The fourth-order valence-corrected chi connectivity index (χ4v) is 3.87. The van der Waals surface area contributed by atoms with Crippen molar-refractivity contribution >= 4 is 34.4 Å². The van der Waals surface area contributed by atoms with Crippen LogP contribution in [-0.4, -0.2) is 29.3 Å². The Morgan fingerprint density at radius 2 is 1.67 bits per heavy atom. The summed E-state index contributed by atoms with van der Waals surface area (Å²) in [5, 5.41) is -2.87. The highest BCUT2D eigenvalue weighted by Crippen LogP contribution is 2.56. The molecule has 4 nitrogen and oxygen atoms in total. The van der Waals surface area contributed by atoms with Gasteiger partial charge in [-0.15, -0.1) is 0 Å². The van der Waals surface area contributed by atoms with Gasteiger partial charge in [-0.3, -0.25) is 0 Å². The molecule has 160 valence electrons. The predicted octanol–water partition coefficient (Wildman–Crippen LogP) is 5.97. The number of ether oxygens (including phenoxy) is 2. The lowest BCUT2D eigenvalue weighted by Gasteiger charge is -2.24. The van der Waals surface area contributed by atoms with Crippen LogP contribution < -0.4 is 4.74 Å². The maximum atomic E-state index is 15.3. The Morgan fingerprint density at radius 3 is 2.23 bits per heavy atom. The van der Waals surface area contributed by atoms with Crippen LogP contribution >= 0.6 is 23.4 Å². The lowest BCUT2D eigenvalue weighted by molar-refractivity contribution is -0.157. The van der Waals surface area contributed by atoms with Gasteiger partial charge in [0, 0.05) is 16.1 Å². The normalized spacial score (nSPS) is 20.6. The maximum absolute atomic E-state index is 15.3. The predicted molar refractivity (Wildman–Crippen MR) is 111 cm³/mol. The molecule has 0 aromatic heterocycles. The Kier molecular flexibility index (Phi) is 6.11. The van der Waals surface area contributed by atoms with Gasteiger partial charge in [-0.25, -0.2) is 14.2 Å². The van der Waals surface area contributed by atoms with Crippen LogP contribution in [0.3, 0.4) is 0 Å². The Hall–Kier alpha value is -2.19. The number of hydrogen-bond acceptors (Lipinski definition) is 5. The summed E-state index contributed by atoms with van der Waals surface area (Å²) in [5.41, 5.74) is -0.549. The van der Waals surface area contributed by atoms with Crippen molar-refractivity contribution in [1.29, 1.82) is 0 Å². The fourth-order valence-electron chi connectivity index (χ4n) is 2.64. The third-order valence-corrected chi connectivity index (χ3v) is 5.49. The van der Waals surface area contributed by atoms with Crippen molar-refractivity contribution in [3.05, 3.63) is 64.7 Å². The number of benzene rings is 2. The first-order valence-electron chi connectivity index (χ1n) is 8.96. The molecule has 0 N–H and O–H groups in total. The highest BCUT2D eigenvalue weighted by atomic mass is 35.5. The summed E-state index contributed by atoms with van der Waals surface area (Å²) >= 11 is 6.10. The molecule has 2 aromatic rings. The van der Waals surface area contributed by atoms with Gasteiger partial charge >= 0.3 is 12.0 Å². The number of alkyl halides is 3. The largest absolute Gasteiger partial charge is 0.482 e. The second-order valence-electron chi connectivity index (χ2n) is 7.56. The second kappa shape index (κ2) is 8.15. The number of hydrogen-bond donors (Lipinski definition) is 0. The number of esters is 1. The molecule has 1 unspecified atom stereocenters. The summed E-state index contributed by atoms with van der Waals surface area (Å²) in [6, 6.07) is 7.10. The van der Waals surface area contributed by atoms with E-state index in [0.29, 0.717) is 28.1 Å². The molecule has 0 bridgehead atoms. The van der Waals surface area contributed by atoms with Gasteiger partial charge in [-0.1, -0.05) is 35.5 Å². The summed E-state index contributed by atoms with van der Waals surface area (Å²) in [6.07, 6.45) is 0. The highest BCUT2D eigenvalue weighted by molar-refractivity contribution is 8.15. The van der Waals surface area contributed by atoms with Gasteiger partial charge < -0.3 is 9.47 Å². The lowest BCUT2D eigenvalue weighted by Crippen LogP contribution is -2.33. The van der Waals surface area contributed by atoms with Crippen LogP contribution in [0, 0.1) is 0 Å². The van der Waals surface area contributed by atoms with Crippen molar-refractivity contribution in [3.63, 3.8) is 0 Å². The van der Waals surface area contributed by atoms with Crippen LogP contribution in [0.5, 0.6) is 5.75 Å². The number of carbonyl (C=O) groups is 1. The molecule has 1 atom stereocenters. The molecule has 30 heavy (non-hydrogen) atoms. The van der Waals surface area contributed by atoms with Crippen LogP contribution in [-0.2, 0) is 14.5 Å². The van der Waals surface area contributed by atoms with Crippen molar-refractivity contribution in [2.75, 3.05) is 6.61 Å². The molecule has 0 aliphatic carbocycles. The molecule has 0 radical (unpaired) electrons. The molecule has 0 spiro atoms. The minimum atomic E-state index is -3.95. The van der Waals surface area contributed by atoms with Crippen molar-refractivity contribution in [3.8, 4) is 5.75 Å². The second-order valence-corrected chi connectivity index (χ2v) is 9.15. The third kappa shape index (κ3) is 4.92. The van der Waals surface area contributed by atoms with Gasteiger partial charge in [0.15, 0.2) is 6.61 Å². The summed E-state index contributed by atoms with van der Waals surface area (Å²) in [6.45, 7) is 4.92. The molecule has 3 rings (SSSR count). The topological polar surface area (TPSA) is 47.9 Å². The van der Waals surface area contributed by atoms with Gasteiger partial charge in [-0.2, -0.15) is 8.78 Å². The van der Waals surface area contributed by atoms with E-state index in [1.165, 1.54) is 48.5 Å². The van der Waals surface area contributed by atoms with Crippen LogP contribution in [0.15, 0.2) is 53.5 Å². The quantitative estimate of drug-likeness (QED) is 0.410. The number of rotatable bonds is 5. The van der Waals surface area contributed by atoms with E-state index in [0.717, 1.165) is 0 Å². The average Bonchev–Trinajstić information content (AvgIpc) is 2.90. The lowest BCUT2D eigenvalue weighted by atomic mass is 10.1. The first-order valence-corrected chi connectivity index (χ1v) is 10.2. The molecular weight excluding hydrogens is 439 g/mol. The molecule has 1 heterocycles. The Morgan fingerprint density at radius 1 is 1.07 bits per heavy atom. The van der Waals surface area contributed by atoms with Gasteiger partial charge in [0.05, 0.1) is 0 Å². The van der Waals surface area contributed by atoms with E-state index in [1.807, 2.05) is 0 Å². The molecule has 1 aliphatic rings. The van der Waals surface area contributed by atoms with E-state index in [4.69, 9.17) is 21.1 Å². The zero-order valence-electron chi connectivity index (χ0n) is 16.4. The monoisotopic (exact) mass is 457 g/mol. The molecule has 0 amide bonds. The molecule has 0 fully saturated rings. The van der Waals surface area contributed by atoms with Gasteiger partial charge in [0.2, 0.25) is 0 Å². The molecule has 0 saturated heterocycles. The average molecular weight is 458 g/mol. The van der Waals surface area contributed by atoms with Crippen molar-refractivity contribution in [2.24, 2.45) is 4.99 Å². The maximum Gasteiger partial charge on any atom is 0.391 e. The van der Waals surface area contributed by atoms with Gasteiger partial charge in [0.1, 0.15) is 16.4 Å². The van der Waals surface area contributed by atoms with Crippen molar-refractivity contribution in [1.82, 2.24) is 0 Å². The summed E-state index contributed by atoms with van der Waals surface area (Å²) < 4.78 is 54.7. The number of carbonyl (C=O) groups excluding carboxylic acids is 1. The molecule has 1 aliphatic heterocycles. The molecular formula is C21H19ClF3NO3S. The van der Waals surface area contributed by atoms with Crippen molar-refractivity contribution in [2.45, 2.75) is 37.4 Å². The van der Waals surface area contributed by atoms with E-state index in [-0.39, 0.29) is 17.2 Å². The number of aliphatic imine (C=N–C) groups is 1. The van der Waals surface area contributed by atoms with Gasteiger partial charge in [-0.05, 0) is 57.2 Å². The third-order valence-electron chi connectivity index (χ3n) is 3.96. The first-order chi connectivity index (χ1) is 13.9. The van der Waals surface area contributed by atoms with Crippen LogP contribution in [0.25, 0.3) is 0 Å². The summed E-state index contributed by atoms with van der Waals surface area (Å²) in [7, 11) is 0. The van der Waals surface area contributed by atoms with E-state index in [9.17, 15) is 13.6 Å². The Balaban J connectivity index is 1.71. The summed E-state index contributed by atoms with van der Waals surface area (Å²) in [4.78, 5) is 15.0. The SMILES string of the molecule is CC(C)(C)OC(=O)COc1ccc(C2=NC(F)(F)C(F)(c3ccc(Cl)cc3)S2)cc1. The smallest absolute Gasteiger partial charge is 0.391 e. The number of halogens is 4. The van der Waals surface area contributed by atoms with Crippen LogP contribution in [0.4, 0.5) is 13.2 Å². The minimum absolute atomic E-state index is 0.142. The number of thioether (sulfide) groups is 1. The number of nitrogens with zero attached hydrogens (tertiary/aromatic N) is 1. The first kappa shape index (κ1) is 22.5. The van der Waals surface area contributed by atoms with Crippen LogP contribution in [0.1, 0.15) is 31.9 Å². The van der Waals surface area contributed by atoms with Crippen LogP contribution in [0.2, 0.25) is 5.02 Å². The Bertz CT molecular complexity index is 959. The Labute approximate surface area is 181 Å². The van der Waals surface area contributed by atoms with E-state index >= 15 is 4.39 Å². The zero-order valence-corrected chi connectivity index (χ0v) is 18.0. The fraction of sp³-hybridized carbons (Fsp3) is 0.333. The zero-order chi connectivity index (χ0) is 22.2. The minimum Gasteiger partial charge on any atom is -0.482 e. The molecule has 0 saturated carbocycles. The van der Waals surface area contributed by atoms with E-state index in [2.05, 4.69) is 4.99 Å². The van der Waals surface area contributed by atoms with E-state index in [1.54, 1.807) is 20.8 Å². The van der Waals surface area contributed by atoms with E-state index < -0.39 is 22.6 Å². The van der Waals surface area contributed by atoms with Crippen molar-refractivity contribution < 1.29 is 27.4 Å². The molecule has 9 heteroatoms. The van der Waals surface area contributed by atoms with Gasteiger partial charge in [0.25, 0.3) is 5.00 Å². The standard InChI is InChI=1S/C21H19ClF3NO3S/c1-19(2,3)29-17(27)12-28-16-10-4-13(5-11-16)18-26-21(24,25)20(23,30-18)14-6-8-15(22)9-7-14/h4-11H,12H2,1-3H3. The highest BCUT2D eigenvalue weighted by Gasteiger charge is 2.62. The summed E-state index contributed by atoms with van der Waals surface area (Å²) in [5.74, 6) is -0.198.